The highest BCUT2D eigenvalue weighted by molar-refractivity contribution is 5.95. The minimum absolute atomic E-state index is 0.0596. The standard InChI is InChI=1S/C10H10N4O4/c1-11-9(15)7-3-5-8(6-4-7)10(16)14(2,12-17)13-18/h3-6H,1-2H3/p+1. The molecule has 0 spiro atoms. The van der Waals surface area contributed by atoms with Crippen molar-refractivity contribution in [2.45, 2.75) is 0 Å². The third kappa shape index (κ3) is 2.43. The lowest BCUT2D eigenvalue weighted by Gasteiger charge is -2.09. The van der Waals surface area contributed by atoms with Crippen molar-refractivity contribution in [2.75, 3.05) is 14.1 Å². The van der Waals surface area contributed by atoms with Crippen LogP contribution in [0, 0.1) is 9.81 Å². The zero-order valence-corrected chi connectivity index (χ0v) is 9.78. The maximum atomic E-state index is 11.8. The Balaban J connectivity index is 3.06. The summed E-state index contributed by atoms with van der Waals surface area (Å²) in [6, 6.07) is 5.43. The van der Waals surface area contributed by atoms with E-state index in [0.29, 0.717) is 5.56 Å². The smallest absolute Gasteiger partial charge is 0.355 e. The van der Waals surface area contributed by atoms with Crippen molar-refractivity contribution >= 4 is 11.8 Å². The summed E-state index contributed by atoms with van der Waals surface area (Å²) < 4.78 is -1.49. The largest absolute Gasteiger partial charge is 0.404 e. The van der Waals surface area contributed by atoms with Gasteiger partial charge in [-0.15, -0.1) is 0 Å². The Kier molecular flexibility index (Phi) is 3.95. The van der Waals surface area contributed by atoms with Crippen molar-refractivity contribution in [3.8, 4) is 0 Å². The predicted molar refractivity (Wildman–Crippen MR) is 61.9 cm³/mol. The van der Waals surface area contributed by atoms with Crippen molar-refractivity contribution in [1.29, 1.82) is 0 Å². The minimum atomic E-state index is -1.49. The molecule has 8 heteroatoms. The Morgan fingerprint density at radius 2 is 1.50 bits per heavy atom. The summed E-state index contributed by atoms with van der Waals surface area (Å²) in [6.45, 7) is 0. The van der Waals surface area contributed by atoms with Gasteiger partial charge < -0.3 is 5.32 Å². The molecular weight excluding hydrogens is 240 g/mol. The number of quaternary nitrogens is 1. The second-order valence-corrected chi connectivity index (χ2v) is 3.54. The first kappa shape index (κ1) is 13.6. The quantitative estimate of drug-likeness (QED) is 0.489. The summed E-state index contributed by atoms with van der Waals surface area (Å²) in [6.07, 6.45) is 0. The van der Waals surface area contributed by atoms with E-state index in [2.05, 4.69) is 15.9 Å². The molecule has 0 bridgehead atoms. The highest BCUT2D eigenvalue weighted by Gasteiger charge is 2.38. The molecule has 0 unspecified atom stereocenters. The maximum Gasteiger partial charge on any atom is 0.404 e. The third-order valence-corrected chi connectivity index (χ3v) is 2.32. The normalized spacial score (nSPS) is 10.6. The topological polar surface area (TPSA) is 105 Å². The van der Waals surface area contributed by atoms with E-state index < -0.39 is 10.6 Å². The van der Waals surface area contributed by atoms with Gasteiger partial charge in [-0.25, -0.2) is 4.79 Å². The Hall–Kier alpha value is -2.48. The van der Waals surface area contributed by atoms with Gasteiger partial charge in [-0.2, -0.15) is 0 Å². The van der Waals surface area contributed by atoms with Crippen LogP contribution in [0.1, 0.15) is 20.7 Å². The number of nitrogens with one attached hydrogen (secondary N) is 1. The second-order valence-electron chi connectivity index (χ2n) is 3.54. The first-order valence-corrected chi connectivity index (χ1v) is 4.92. The highest BCUT2D eigenvalue weighted by atomic mass is 16.4. The molecule has 0 atom stereocenters. The Bertz CT molecular complexity index is 489. The van der Waals surface area contributed by atoms with Gasteiger partial charge in [0.1, 0.15) is 7.05 Å². The molecule has 0 saturated heterocycles. The molecule has 1 rings (SSSR count). The number of amides is 2. The summed E-state index contributed by atoms with van der Waals surface area (Å²) in [5.74, 6) is -1.18. The van der Waals surface area contributed by atoms with Crippen LogP contribution in [0.2, 0.25) is 0 Å². The maximum absolute atomic E-state index is 11.8. The van der Waals surface area contributed by atoms with Crippen molar-refractivity contribution in [2.24, 2.45) is 10.6 Å². The van der Waals surface area contributed by atoms with Gasteiger partial charge in [0.15, 0.2) is 10.6 Å². The van der Waals surface area contributed by atoms with Crippen LogP contribution < -0.4 is 5.32 Å². The average Bonchev–Trinajstić information content (AvgIpc) is 2.44. The lowest BCUT2D eigenvalue weighted by atomic mass is 10.1. The Morgan fingerprint density at radius 3 is 1.89 bits per heavy atom. The first-order valence-electron chi connectivity index (χ1n) is 4.92. The molecule has 0 radical (unpaired) electrons. The van der Waals surface area contributed by atoms with Crippen LogP contribution in [-0.2, 0) is 0 Å². The fourth-order valence-corrected chi connectivity index (χ4v) is 1.24. The summed E-state index contributed by atoms with van der Waals surface area (Å²) in [5, 5.41) is 7.15. The molecule has 2 amide bonds. The number of rotatable bonds is 4. The van der Waals surface area contributed by atoms with Crippen LogP contribution in [0.4, 0.5) is 0 Å². The molecule has 0 aliphatic carbocycles. The molecular formula is C10H11N4O4+. The predicted octanol–water partition coefficient (Wildman–Crippen LogP) is 0.996. The fourth-order valence-electron chi connectivity index (χ4n) is 1.24. The van der Waals surface area contributed by atoms with E-state index in [1.165, 1.54) is 31.3 Å². The van der Waals surface area contributed by atoms with E-state index in [-0.39, 0.29) is 11.5 Å². The van der Waals surface area contributed by atoms with Gasteiger partial charge >= 0.3 is 5.91 Å². The zero-order chi connectivity index (χ0) is 13.8. The van der Waals surface area contributed by atoms with Crippen molar-refractivity contribution in [1.82, 2.24) is 5.32 Å². The van der Waals surface area contributed by atoms with E-state index in [4.69, 9.17) is 0 Å². The molecule has 1 aromatic rings. The molecule has 0 heterocycles. The molecule has 94 valence electrons. The number of carbonyl (C=O) groups excluding carboxylic acids is 2. The number of hydrogen-bond donors (Lipinski definition) is 1. The fraction of sp³-hybridized carbons (Fsp3) is 0.200. The monoisotopic (exact) mass is 251 g/mol. The van der Waals surface area contributed by atoms with Crippen LogP contribution in [0.5, 0.6) is 0 Å². The molecule has 8 nitrogen and oxygen atoms in total. The molecule has 0 aromatic heterocycles. The van der Waals surface area contributed by atoms with Crippen LogP contribution in [0.25, 0.3) is 0 Å². The van der Waals surface area contributed by atoms with Gasteiger partial charge in [0.2, 0.25) is 0 Å². The summed E-state index contributed by atoms with van der Waals surface area (Å²) in [7, 11) is 2.44. The molecule has 0 fully saturated rings. The van der Waals surface area contributed by atoms with Gasteiger partial charge in [0, 0.05) is 12.6 Å². The van der Waals surface area contributed by atoms with Gasteiger partial charge in [0.25, 0.3) is 5.91 Å². The van der Waals surface area contributed by atoms with Crippen molar-refractivity contribution < 1.29 is 14.3 Å². The zero-order valence-electron chi connectivity index (χ0n) is 9.78. The second kappa shape index (κ2) is 5.23. The number of hydrogen-bond acceptors (Lipinski definition) is 6. The SMILES string of the molecule is CNC(=O)c1ccc(C(=O)[N+](C)(N=O)N=O)cc1. The summed E-state index contributed by atoms with van der Waals surface area (Å²) in [5.41, 5.74) is 0.408. The average molecular weight is 251 g/mol. The van der Waals surface area contributed by atoms with E-state index in [9.17, 15) is 19.4 Å². The molecule has 1 N–H and O–H groups in total. The van der Waals surface area contributed by atoms with E-state index in [1.807, 2.05) is 0 Å². The minimum Gasteiger partial charge on any atom is -0.355 e. The van der Waals surface area contributed by atoms with Crippen LogP contribution >= 0.6 is 0 Å². The van der Waals surface area contributed by atoms with E-state index in [1.54, 1.807) is 0 Å². The third-order valence-electron chi connectivity index (χ3n) is 2.32. The number of carbonyl (C=O) groups is 2. The van der Waals surface area contributed by atoms with Crippen LogP contribution in [0.3, 0.4) is 0 Å². The molecule has 18 heavy (non-hydrogen) atoms. The van der Waals surface area contributed by atoms with E-state index >= 15 is 0 Å². The van der Waals surface area contributed by atoms with Crippen molar-refractivity contribution in [3.05, 3.63) is 45.2 Å². The summed E-state index contributed by atoms with van der Waals surface area (Å²) >= 11 is 0. The Morgan fingerprint density at radius 1 is 1.06 bits per heavy atom. The van der Waals surface area contributed by atoms with Gasteiger partial charge in [0.05, 0.1) is 10.3 Å². The molecule has 0 saturated carbocycles. The molecule has 0 aliphatic rings. The number of nitrogens with zero attached hydrogens (tertiary/aromatic N) is 3. The summed E-state index contributed by atoms with van der Waals surface area (Å²) in [4.78, 5) is 43.9. The van der Waals surface area contributed by atoms with Gasteiger partial charge in [-0.3, -0.25) is 4.79 Å². The Labute approximate surface area is 102 Å². The highest BCUT2D eigenvalue weighted by Crippen LogP contribution is 2.14. The van der Waals surface area contributed by atoms with Gasteiger partial charge in [-0.1, -0.05) is 9.81 Å². The number of benzene rings is 1. The van der Waals surface area contributed by atoms with Gasteiger partial charge in [-0.05, 0) is 24.3 Å². The first-order chi connectivity index (χ1) is 8.48. The lowest BCUT2D eigenvalue weighted by Crippen LogP contribution is -2.38. The van der Waals surface area contributed by atoms with Crippen LogP contribution in [0.15, 0.2) is 34.8 Å². The lowest BCUT2D eigenvalue weighted by molar-refractivity contribution is -0.845. The van der Waals surface area contributed by atoms with Crippen LogP contribution in [-0.4, -0.2) is 30.6 Å². The van der Waals surface area contributed by atoms with E-state index in [0.717, 1.165) is 7.05 Å². The number of nitroso groups, excluding NO2 is 2. The molecule has 0 aliphatic heterocycles. The van der Waals surface area contributed by atoms with Crippen molar-refractivity contribution in [3.63, 3.8) is 0 Å². The molecule has 1 aromatic carbocycles.